The van der Waals surface area contributed by atoms with E-state index in [1.54, 1.807) is 0 Å². The Morgan fingerprint density at radius 1 is 0.485 bits per heavy atom. The summed E-state index contributed by atoms with van der Waals surface area (Å²) >= 11 is 0. The van der Waals surface area contributed by atoms with Crippen molar-refractivity contribution in [3.8, 4) is 0 Å². The Morgan fingerprint density at radius 2 is 0.864 bits per heavy atom. The Kier molecular flexibility index (Phi) is 46.1. The van der Waals surface area contributed by atoms with Crippen LogP contribution in [-0.4, -0.2) is 70.0 Å². The molecule has 0 saturated carbocycles. The van der Waals surface area contributed by atoms with Crippen molar-refractivity contribution in [3.63, 3.8) is 0 Å². The van der Waals surface area contributed by atoms with Gasteiger partial charge in [-0.15, -0.1) is 0 Å². The van der Waals surface area contributed by atoms with Crippen molar-refractivity contribution in [3.05, 3.63) is 60.8 Å². The number of hydrogen-bond donors (Lipinski definition) is 0. The maximum atomic E-state index is 12.7. The summed E-state index contributed by atoms with van der Waals surface area (Å²) in [6.07, 6.45) is 60.6. The Hall–Kier alpha value is -2.29. The van der Waals surface area contributed by atoms with Gasteiger partial charge in [0.15, 0.2) is 6.10 Å². The van der Waals surface area contributed by atoms with E-state index in [0.29, 0.717) is 17.4 Å². The fourth-order valence-electron chi connectivity index (χ4n) is 7.39. The van der Waals surface area contributed by atoms with Gasteiger partial charge in [-0.05, 0) is 57.8 Å². The molecular formula is C56H102NO8P. The first-order chi connectivity index (χ1) is 32.0. The third-order valence-electron chi connectivity index (χ3n) is 11.6. The zero-order valence-corrected chi connectivity index (χ0v) is 44.3. The molecule has 9 nitrogen and oxygen atoms in total. The standard InChI is InChI=1S/C56H102NO8P/c1-6-8-10-12-13-14-15-16-17-18-19-20-21-22-23-24-25-26-27-28-29-30-31-32-33-34-35-36-37-38-39-40-41-42-43-45-47-49-56(59)65-54(52-62-55(58)48-46-44-11-9-7-2)53-64-66(60,61)63-51-50-57(3,4)5/h8,10,13-14,16-17,19-20,22-23,54H,6-7,9,11-12,15,18,21,24-53H2,1-5H3/b10-8-,14-13-,17-16-,20-19-,23-22-. The molecule has 0 saturated heterocycles. The lowest BCUT2D eigenvalue weighted by Gasteiger charge is -2.28. The minimum Gasteiger partial charge on any atom is -0.756 e. The van der Waals surface area contributed by atoms with Crippen molar-refractivity contribution in [2.45, 2.75) is 238 Å². The van der Waals surface area contributed by atoms with Gasteiger partial charge in [0, 0.05) is 12.8 Å². The lowest BCUT2D eigenvalue weighted by Crippen LogP contribution is -2.37. The van der Waals surface area contributed by atoms with Crippen molar-refractivity contribution in [2.75, 3.05) is 47.5 Å². The van der Waals surface area contributed by atoms with Gasteiger partial charge in [-0.2, -0.15) is 0 Å². The van der Waals surface area contributed by atoms with Crippen LogP contribution in [0.5, 0.6) is 0 Å². The van der Waals surface area contributed by atoms with Gasteiger partial charge < -0.3 is 27.9 Å². The fraction of sp³-hybridized carbons (Fsp3) is 0.786. The number of quaternary nitrogens is 1. The van der Waals surface area contributed by atoms with E-state index in [1.165, 1.54) is 122 Å². The number of allylic oxidation sites excluding steroid dienone is 10. The highest BCUT2D eigenvalue weighted by Gasteiger charge is 2.21. The summed E-state index contributed by atoms with van der Waals surface area (Å²) in [5.74, 6) is -0.842. The number of rotatable bonds is 49. The molecular weight excluding hydrogens is 846 g/mol. The van der Waals surface area contributed by atoms with Crippen LogP contribution in [0, 0.1) is 0 Å². The Bertz CT molecular complexity index is 1300. The second-order valence-corrected chi connectivity index (χ2v) is 20.6. The molecule has 2 atom stereocenters. The molecule has 0 aromatic rings. The van der Waals surface area contributed by atoms with Crippen molar-refractivity contribution >= 4 is 19.8 Å². The van der Waals surface area contributed by atoms with Crippen LogP contribution >= 0.6 is 7.82 Å². The first-order valence-electron chi connectivity index (χ1n) is 27.0. The van der Waals surface area contributed by atoms with Crippen molar-refractivity contribution in [1.29, 1.82) is 0 Å². The van der Waals surface area contributed by atoms with E-state index in [4.69, 9.17) is 18.5 Å². The summed E-state index contributed by atoms with van der Waals surface area (Å²) in [6, 6.07) is 0. The minimum atomic E-state index is -4.61. The predicted molar refractivity (Wildman–Crippen MR) is 277 cm³/mol. The Balaban J connectivity index is 3.79. The molecule has 0 aliphatic carbocycles. The fourth-order valence-corrected chi connectivity index (χ4v) is 8.12. The van der Waals surface area contributed by atoms with Crippen LogP contribution in [0.4, 0.5) is 0 Å². The average Bonchev–Trinajstić information content (AvgIpc) is 3.27. The van der Waals surface area contributed by atoms with Crippen LogP contribution in [0.15, 0.2) is 60.8 Å². The molecule has 0 bridgehead atoms. The van der Waals surface area contributed by atoms with Gasteiger partial charge >= 0.3 is 11.9 Å². The number of phosphoric acid groups is 1. The van der Waals surface area contributed by atoms with Gasteiger partial charge in [0.05, 0.1) is 27.7 Å². The van der Waals surface area contributed by atoms with Gasteiger partial charge in [-0.1, -0.05) is 222 Å². The summed E-state index contributed by atoms with van der Waals surface area (Å²) in [5.41, 5.74) is 0. The van der Waals surface area contributed by atoms with Crippen molar-refractivity contribution in [2.24, 2.45) is 0 Å². The maximum Gasteiger partial charge on any atom is 0.306 e. The quantitative estimate of drug-likeness (QED) is 0.0195. The number of ether oxygens (including phenoxy) is 2. The van der Waals surface area contributed by atoms with E-state index in [2.05, 4.69) is 74.6 Å². The highest BCUT2D eigenvalue weighted by molar-refractivity contribution is 7.45. The van der Waals surface area contributed by atoms with E-state index < -0.39 is 32.5 Å². The number of hydrogen-bond acceptors (Lipinski definition) is 8. The minimum absolute atomic E-state index is 0.0298. The van der Waals surface area contributed by atoms with Crippen LogP contribution in [0.3, 0.4) is 0 Å². The average molecular weight is 948 g/mol. The first-order valence-corrected chi connectivity index (χ1v) is 28.5. The van der Waals surface area contributed by atoms with Crippen LogP contribution in [0.1, 0.15) is 232 Å². The molecule has 0 heterocycles. The SMILES string of the molecule is CC/C=C\C/C=C\C/C=C\C/C=C\C/C=C\CCCCCCCCCCCCCCCCCCCCCCCC(=O)OC(COC(=O)CCCCCCC)COP(=O)([O-])OCC[N+](C)(C)C. The molecule has 0 radical (unpaired) electrons. The normalized spacial score (nSPS) is 13.8. The maximum absolute atomic E-state index is 12.7. The highest BCUT2D eigenvalue weighted by atomic mass is 31.2. The number of likely N-dealkylation sites (N-methyl/N-ethyl adjacent to an activating group) is 1. The van der Waals surface area contributed by atoms with Crippen LogP contribution in [-0.2, 0) is 32.7 Å². The summed E-state index contributed by atoms with van der Waals surface area (Å²) in [6.45, 7) is 4.03. The molecule has 66 heavy (non-hydrogen) atoms. The van der Waals surface area contributed by atoms with E-state index in [-0.39, 0.29) is 26.1 Å². The topological polar surface area (TPSA) is 111 Å². The Morgan fingerprint density at radius 3 is 1.29 bits per heavy atom. The molecule has 10 heteroatoms. The highest BCUT2D eigenvalue weighted by Crippen LogP contribution is 2.38. The molecule has 0 spiro atoms. The van der Waals surface area contributed by atoms with E-state index >= 15 is 0 Å². The predicted octanol–water partition coefficient (Wildman–Crippen LogP) is 15.7. The zero-order chi connectivity index (χ0) is 48.5. The van der Waals surface area contributed by atoms with Gasteiger partial charge in [-0.3, -0.25) is 14.2 Å². The van der Waals surface area contributed by atoms with Gasteiger partial charge in [0.2, 0.25) is 0 Å². The third kappa shape index (κ3) is 51.1. The summed E-state index contributed by atoms with van der Waals surface area (Å²) < 4.78 is 33.8. The molecule has 0 fully saturated rings. The molecule has 0 aliphatic rings. The molecule has 0 N–H and O–H groups in total. The molecule has 384 valence electrons. The lowest BCUT2D eigenvalue weighted by atomic mass is 10.0. The number of carbonyl (C=O) groups excluding carboxylic acids is 2. The second-order valence-electron chi connectivity index (χ2n) is 19.2. The first kappa shape index (κ1) is 63.7. The zero-order valence-electron chi connectivity index (χ0n) is 43.4. The molecule has 0 amide bonds. The summed E-state index contributed by atoms with van der Waals surface area (Å²) in [5, 5.41) is 0. The largest absolute Gasteiger partial charge is 0.756 e. The number of carbonyl (C=O) groups is 2. The van der Waals surface area contributed by atoms with E-state index in [1.807, 2.05) is 21.1 Å². The third-order valence-corrected chi connectivity index (χ3v) is 12.5. The number of phosphoric ester groups is 1. The molecule has 0 aromatic heterocycles. The van der Waals surface area contributed by atoms with Crippen LogP contribution < -0.4 is 4.89 Å². The van der Waals surface area contributed by atoms with Gasteiger partial charge in [0.1, 0.15) is 19.8 Å². The van der Waals surface area contributed by atoms with Crippen LogP contribution in [0.25, 0.3) is 0 Å². The van der Waals surface area contributed by atoms with Crippen molar-refractivity contribution in [1.82, 2.24) is 0 Å². The monoisotopic (exact) mass is 948 g/mol. The van der Waals surface area contributed by atoms with E-state index in [0.717, 1.165) is 77.0 Å². The second kappa shape index (κ2) is 47.8. The number of nitrogens with zero attached hydrogens (tertiary/aromatic N) is 1. The van der Waals surface area contributed by atoms with E-state index in [9.17, 15) is 19.0 Å². The smallest absolute Gasteiger partial charge is 0.306 e. The summed E-state index contributed by atoms with van der Waals surface area (Å²) in [4.78, 5) is 37.3. The van der Waals surface area contributed by atoms with Crippen molar-refractivity contribution < 1.29 is 42.1 Å². The number of unbranched alkanes of at least 4 members (excludes halogenated alkanes) is 25. The molecule has 0 aliphatic heterocycles. The molecule has 0 rings (SSSR count). The summed E-state index contributed by atoms with van der Waals surface area (Å²) in [7, 11) is 1.17. The van der Waals surface area contributed by atoms with Crippen LogP contribution in [0.2, 0.25) is 0 Å². The molecule has 0 aromatic carbocycles. The molecule has 2 unspecified atom stereocenters. The lowest BCUT2D eigenvalue weighted by molar-refractivity contribution is -0.870. The van der Waals surface area contributed by atoms with Gasteiger partial charge in [0.25, 0.3) is 7.82 Å². The van der Waals surface area contributed by atoms with Gasteiger partial charge in [-0.25, -0.2) is 0 Å². The number of esters is 2. The Labute approximate surface area is 406 Å².